The van der Waals surface area contributed by atoms with E-state index in [1.807, 2.05) is 31.2 Å². The van der Waals surface area contributed by atoms with Crippen molar-refractivity contribution in [2.24, 2.45) is 5.73 Å². The number of hydrogen-bond donors (Lipinski definition) is 2. The summed E-state index contributed by atoms with van der Waals surface area (Å²) in [6, 6.07) is 13.3. The van der Waals surface area contributed by atoms with Gasteiger partial charge >= 0.3 is 0 Å². The molecule has 92 valence electrons. The van der Waals surface area contributed by atoms with E-state index < -0.39 is 5.91 Å². The van der Waals surface area contributed by atoms with Crippen LogP contribution in [-0.2, 0) is 0 Å². The van der Waals surface area contributed by atoms with Crippen LogP contribution in [-0.4, -0.2) is 5.91 Å². The highest BCUT2D eigenvalue weighted by atomic mass is 32.2. The zero-order chi connectivity index (χ0) is 13.1. The van der Waals surface area contributed by atoms with Gasteiger partial charge in [0.25, 0.3) is 0 Å². The number of aryl methyl sites for hydroxylation is 1. The Bertz CT molecular complexity index is 596. The highest BCUT2D eigenvalue weighted by Gasteiger charge is 2.10. The molecule has 2 aromatic rings. The maximum absolute atomic E-state index is 11.4. The first-order valence-electron chi connectivity index (χ1n) is 5.50. The second-order valence-corrected chi connectivity index (χ2v) is 5.15. The Kier molecular flexibility index (Phi) is 3.58. The van der Waals surface area contributed by atoms with Crippen molar-refractivity contribution in [3.63, 3.8) is 0 Å². The molecular formula is C14H14N2OS. The van der Waals surface area contributed by atoms with Gasteiger partial charge in [0.1, 0.15) is 0 Å². The first kappa shape index (κ1) is 12.5. The normalized spacial score (nSPS) is 10.3. The summed E-state index contributed by atoms with van der Waals surface area (Å²) in [5.74, 6) is -0.461. The van der Waals surface area contributed by atoms with Crippen LogP contribution in [0.3, 0.4) is 0 Å². The fourth-order valence-electron chi connectivity index (χ4n) is 1.63. The van der Waals surface area contributed by atoms with Crippen LogP contribution in [0, 0.1) is 6.92 Å². The Balaban J connectivity index is 2.37. The highest BCUT2D eigenvalue weighted by molar-refractivity contribution is 7.99. The minimum absolute atomic E-state index is 0.460. The lowest BCUT2D eigenvalue weighted by Crippen LogP contribution is -2.12. The molecule has 0 saturated heterocycles. The van der Waals surface area contributed by atoms with E-state index in [0.717, 1.165) is 9.79 Å². The molecule has 0 unspecified atom stereocenters. The van der Waals surface area contributed by atoms with Crippen molar-refractivity contribution in [1.29, 1.82) is 0 Å². The predicted molar refractivity (Wildman–Crippen MR) is 74.7 cm³/mol. The third kappa shape index (κ3) is 2.84. The molecule has 0 radical (unpaired) electrons. The number of nitrogen functional groups attached to an aromatic ring is 1. The van der Waals surface area contributed by atoms with Crippen LogP contribution >= 0.6 is 11.8 Å². The number of primary amides is 1. The topological polar surface area (TPSA) is 69.1 Å². The number of nitrogens with two attached hydrogens (primary N) is 2. The summed E-state index contributed by atoms with van der Waals surface area (Å²) in [6.07, 6.45) is 0. The summed E-state index contributed by atoms with van der Waals surface area (Å²) in [4.78, 5) is 13.3. The van der Waals surface area contributed by atoms with Crippen LogP contribution in [0.15, 0.2) is 52.3 Å². The maximum atomic E-state index is 11.4. The van der Waals surface area contributed by atoms with Gasteiger partial charge in [0.2, 0.25) is 5.91 Å². The Morgan fingerprint density at radius 2 is 1.94 bits per heavy atom. The average molecular weight is 258 g/mol. The molecule has 0 heterocycles. The monoisotopic (exact) mass is 258 g/mol. The quantitative estimate of drug-likeness (QED) is 0.832. The number of carbonyl (C=O) groups is 1. The molecule has 3 nitrogen and oxygen atoms in total. The molecule has 4 N–H and O–H groups in total. The third-order valence-electron chi connectivity index (χ3n) is 2.49. The van der Waals surface area contributed by atoms with Gasteiger partial charge in [0.05, 0.1) is 5.56 Å². The summed E-state index contributed by atoms with van der Waals surface area (Å²) in [5, 5.41) is 0. The van der Waals surface area contributed by atoms with E-state index in [1.165, 1.54) is 17.3 Å². The first-order chi connectivity index (χ1) is 8.56. The van der Waals surface area contributed by atoms with E-state index >= 15 is 0 Å². The van der Waals surface area contributed by atoms with Gasteiger partial charge in [-0.2, -0.15) is 0 Å². The van der Waals surface area contributed by atoms with Crippen molar-refractivity contribution < 1.29 is 4.79 Å². The van der Waals surface area contributed by atoms with Gasteiger partial charge in [0.15, 0.2) is 0 Å². The molecule has 18 heavy (non-hydrogen) atoms. The summed E-state index contributed by atoms with van der Waals surface area (Å²) in [5.41, 5.74) is 13.2. The smallest absolute Gasteiger partial charge is 0.249 e. The molecule has 0 spiro atoms. The molecular weight excluding hydrogens is 244 g/mol. The summed E-state index contributed by atoms with van der Waals surface area (Å²) in [7, 11) is 0. The highest BCUT2D eigenvalue weighted by Crippen LogP contribution is 2.31. The van der Waals surface area contributed by atoms with Gasteiger partial charge in [-0.3, -0.25) is 4.79 Å². The maximum Gasteiger partial charge on any atom is 0.249 e. The first-order valence-corrected chi connectivity index (χ1v) is 6.32. The zero-order valence-corrected chi connectivity index (χ0v) is 10.8. The van der Waals surface area contributed by atoms with Crippen molar-refractivity contribution in [3.05, 3.63) is 53.6 Å². The van der Waals surface area contributed by atoms with E-state index in [2.05, 4.69) is 6.07 Å². The van der Waals surface area contributed by atoms with Crippen molar-refractivity contribution in [2.75, 3.05) is 5.73 Å². The lowest BCUT2D eigenvalue weighted by molar-refractivity contribution is 0.0997. The van der Waals surface area contributed by atoms with E-state index in [1.54, 1.807) is 12.1 Å². The minimum atomic E-state index is -0.461. The van der Waals surface area contributed by atoms with Gasteiger partial charge in [-0.15, -0.1) is 0 Å². The fraction of sp³-hybridized carbons (Fsp3) is 0.0714. The summed E-state index contributed by atoms with van der Waals surface area (Å²) >= 11 is 1.51. The van der Waals surface area contributed by atoms with Crippen LogP contribution in [0.1, 0.15) is 15.9 Å². The number of hydrogen-bond acceptors (Lipinski definition) is 3. The number of anilines is 1. The molecule has 0 aliphatic carbocycles. The van der Waals surface area contributed by atoms with Gasteiger partial charge in [-0.25, -0.2) is 0 Å². The van der Waals surface area contributed by atoms with Gasteiger partial charge in [-0.05, 0) is 37.3 Å². The second-order valence-electron chi connectivity index (χ2n) is 4.04. The van der Waals surface area contributed by atoms with Crippen molar-refractivity contribution in [1.82, 2.24) is 0 Å². The third-order valence-corrected chi connectivity index (χ3v) is 3.55. The molecule has 0 aliphatic heterocycles. The Labute approximate surface area is 110 Å². The van der Waals surface area contributed by atoms with Gasteiger partial charge < -0.3 is 11.5 Å². The van der Waals surface area contributed by atoms with Crippen molar-refractivity contribution in [3.8, 4) is 0 Å². The van der Waals surface area contributed by atoms with Crippen molar-refractivity contribution in [2.45, 2.75) is 16.7 Å². The van der Waals surface area contributed by atoms with Crippen LogP contribution in [0.25, 0.3) is 0 Å². The molecule has 2 rings (SSSR count). The van der Waals surface area contributed by atoms with E-state index in [4.69, 9.17) is 11.5 Å². The molecule has 2 aromatic carbocycles. The summed E-state index contributed by atoms with van der Waals surface area (Å²) < 4.78 is 0. The standard InChI is InChI=1S/C14H14N2OS/c1-9-3-2-4-11(7-9)18-13-6-5-10(15)8-12(13)14(16)17/h2-8H,15H2,1H3,(H2,16,17). The molecule has 0 atom stereocenters. The molecule has 0 bridgehead atoms. The Morgan fingerprint density at radius 3 is 2.61 bits per heavy atom. The SMILES string of the molecule is Cc1cccc(Sc2ccc(N)cc2C(N)=O)c1. The van der Waals surface area contributed by atoms with E-state index in [0.29, 0.717) is 11.3 Å². The van der Waals surface area contributed by atoms with Gasteiger partial charge in [-0.1, -0.05) is 29.5 Å². The Hall–Kier alpha value is -1.94. The molecule has 0 saturated carbocycles. The molecule has 0 fully saturated rings. The zero-order valence-electron chi connectivity index (χ0n) is 10.0. The van der Waals surface area contributed by atoms with Gasteiger partial charge in [0, 0.05) is 15.5 Å². The fourth-order valence-corrected chi connectivity index (χ4v) is 2.69. The number of amides is 1. The molecule has 4 heteroatoms. The minimum Gasteiger partial charge on any atom is -0.399 e. The van der Waals surface area contributed by atoms with Crippen LogP contribution in [0.4, 0.5) is 5.69 Å². The lowest BCUT2D eigenvalue weighted by Gasteiger charge is -2.08. The van der Waals surface area contributed by atoms with E-state index in [-0.39, 0.29) is 0 Å². The van der Waals surface area contributed by atoms with Crippen LogP contribution < -0.4 is 11.5 Å². The summed E-state index contributed by atoms with van der Waals surface area (Å²) in [6.45, 7) is 2.03. The predicted octanol–water partition coefficient (Wildman–Crippen LogP) is 2.83. The van der Waals surface area contributed by atoms with Crippen LogP contribution in [0.5, 0.6) is 0 Å². The number of rotatable bonds is 3. The van der Waals surface area contributed by atoms with E-state index in [9.17, 15) is 4.79 Å². The number of carbonyl (C=O) groups excluding carboxylic acids is 1. The molecule has 1 amide bonds. The Morgan fingerprint density at radius 1 is 1.17 bits per heavy atom. The molecule has 0 aliphatic rings. The van der Waals surface area contributed by atoms with Crippen LogP contribution in [0.2, 0.25) is 0 Å². The molecule has 0 aromatic heterocycles. The lowest BCUT2D eigenvalue weighted by atomic mass is 10.2. The number of benzene rings is 2. The average Bonchev–Trinajstić information content (AvgIpc) is 2.31. The van der Waals surface area contributed by atoms with Crippen molar-refractivity contribution >= 4 is 23.4 Å². The second kappa shape index (κ2) is 5.14. The largest absolute Gasteiger partial charge is 0.399 e.